The first-order valence-electron chi connectivity index (χ1n) is 7.38. The first kappa shape index (κ1) is 24.9. The minimum atomic E-state index is -6.96. The highest BCUT2D eigenvalue weighted by atomic mass is 32.2. The van der Waals surface area contributed by atoms with Gasteiger partial charge in [0.25, 0.3) is 0 Å². The Balaban J connectivity index is 2.75. The van der Waals surface area contributed by atoms with Crippen LogP contribution < -0.4 is 4.74 Å². The van der Waals surface area contributed by atoms with Crippen LogP contribution >= 0.6 is 11.8 Å². The van der Waals surface area contributed by atoms with Gasteiger partial charge in [0.1, 0.15) is 5.75 Å². The molecule has 0 aliphatic rings. The van der Waals surface area contributed by atoms with Crippen molar-refractivity contribution >= 4 is 22.8 Å². The van der Waals surface area contributed by atoms with Gasteiger partial charge in [0.05, 0.1) is 0 Å². The standard InChI is InChI=1S/C16H11F9O3S/c1-2-11(26)28-10-5-3-9(4-6-10)12(27)29-8-7-13(17,18)14(19,20)15(21,22)16(23,24)25/h2-6H,1,7-8H2. The quantitative estimate of drug-likeness (QED) is 0.225. The highest BCUT2D eigenvalue weighted by molar-refractivity contribution is 8.14. The molecule has 0 N–H and O–H groups in total. The van der Waals surface area contributed by atoms with E-state index in [9.17, 15) is 49.1 Å². The summed E-state index contributed by atoms with van der Waals surface area (Å²) in [7, 11) is 0. The molecule has 0 spiro atoms. The van der Waals surface area contributed by atoms with Crippen LogP contribution in [0.2, 0.25) is 0 Å². The molecule has 0 bridgehead atoms. The maximum atomic E-state index is 13.4. The molecule has 0 atom stereocenters. The number of carbonyl (C=O) groups is 2. The second-order valence-corrected chi connectivity index (χ2v) is 6.45. The molecule has 3 nitrogen and oxygen atoms in total. The Morgan fingerprint density at radius 2 is 1.45 bits per heavy atom. The predicted molar refractivity (Wildman–Crippen MR) is 84.6 cm³/mol. The first-order chi connectivity index (χ1) is 13.1. The fourth-order valence-corrected chi connectivity index (χ4v) is 2.58. The van der Waals surface area contributed by atoms with Crippen LogP contribution in [0.5, 0.6) is 5.75 Å². The summed E-state index contributed by atoms with van der Waals surface area (Å²) >= 11 is 0.0126. The van der Waals surface area contributed by atoms with Gasteiger partial charge in [-0.2, -0.15) is 39.5 Å². The Bertz CT molecular complexity index is 758. The van der Waals surface area contributed by atoms with Crippen LogP contribution in [0.3, 0.4) is 0 Å². The molecule has 0 radical (unpaired) electrons. The number of hydrogen-bond acceptors (Lipinski definition) is 4. The van der Waals surface area contributed by atoms with Crippen LogP contribution in [0.1, 0.15) is 16.8 Å². The molecule has 1 rings (SSSR count). The third-order valence-electron chi connectivity index (χ3n) is 3.33. The van der Waals surface area contributed by atoms with E-state index in [2.05, 4.69) is 6.58 Å². The van der Waals surface area contributed by atoms with Crippen LogP contribution in [-0.4, -0.2) is 40.8 Å². The SMILES string of the molecule is C=CC(=O)Oc1ccc(C(=O)SCCC(F)(F)C(F)(F)C(F)(F)C(F)(F)F)cc1. The highest BCUT2D eigenvalue weighted by Gasteiger charge is 2.81. The van der Waals surface area contributed by atoms with Crippen molar-refractivity contribution in [2.45, 2.75) is 30.4 Å². The highest BCUT2D eigenvalue weighted by Crippen LogP contribution is 2.54. The Kier molecular flexibility index (Phi) is 7.44. The van der Waals surface area contributed by atoms with Gasteiger partial charge in [-0.25, -0.2) is 4.79 Å². The lowest BCUT2D eigenvalue weighted by atomic mass is 10.0. The van der Waals surface area contributed by atoms with Gasteiger partial charge in [0.15, 0.2) is 0 Å². The number of ether oxygens (including phenoxy) is 1. The van der Waals surface area contributed by atoms with Gasteiger partial charge >= 0.3 is 29.9 Å². The molecule has 0 aromatic heterocycles. The fourth-order valence-electron chi connectivity index (χ4n) is 1.74. The minimum Gasteiger partial charge on any atom is -0.423 e. The summed E-state index contributed by atoms with van der Waals surface area (Å²) in [5.74, 6) is -21.4. The van der Waals surface area contributed by atoms with E-state index in [0.29, 0.717) is 0 Å². The maximum absolute atomic E-state index is 13.4. The van der Waals surface area contributed by atoms with E-state index >= 15 is 0 Å². The molecule has 13 heteroatoms. The van der Waals surface area contributed by atoms with E-state index in [4.69, 9.17) is 4.74 Å². The van der Waals surface area contributed by atoms with Crippen LogP contribution in [-0.2, 0) is 4.79 Å². The van der Waals surface area contributed by atoms with Crippen molar-refractivity contribution in [2.24, 2.45) is 0 Å². The summed E-state index contributed by atoms with van der Waals surface area (Å²) in [5, 5.41) is -0.951. The molecule has 0 saturated heterocycles. The predicted octanol–water partition coefficient (Wildman–Crippen LogP) is 5.51. The molecule has 162 valence electrons. The zero-order valence-corrected chi connectivity index (χ0v) is 14.9. The topological polar surface area (TPSA) is 43.4 Å². The summed E-state index contributed by atoms with van der Waals surface area (Å²) in [5.41, 5.74) is -0.149. The number of thioether (sulfide) groups is 1. The van der Waals surface area contributed by atoms with Crippen molar-refractivity contribution in [3.05, 3.63) is 42.5 Å². The summed E-state index contributed by atoms with van der Waals surface area (Å²) in [6.45, 7) is 3.15. The Morgan fingerprint density at radius 3 is 1.90 bits per heavy atom. The van der Waals surface area contributed by atoms with E-state index < -0.39 is 47.2 Å². The van der Waals surface area contributed by atoms with Gasteiger partial charge in [-0.1, -0.05) is 18.3 Å². The van der Waals surface area contributed by atoms with E-state index in [0.717, 1.165) is 30.3 Å². The van der Waals surface area contributed by atoms with E-state index in [-0.39, 0.29) is 23.1 Å². The van der Waals surface area contributed by atoms with Gasteiger partial charge in [0.2, 0.25) is 5.12 Å². The summed E-state index contributed by atoms with van der Waals surface area (Å²) < 4.78 is 119. The summed E-state index contributed by atoms with van der Waals surface area (Å²) in [6, 6.07) is 4.46. The molecule has 0 saturated carbocycles. The van der Waals surface area contributed by atoms with Crippen molar-refractivity contribution < 1.29 is 53.8 Å². The van der Waals surface area contributed by atoms with Crippen LogP contribution in [0.4, 0.5) is 39.5 Å². The van der Waals surface area contributed by atoms with Crippen molar-refractivity contribution in [2.75, 3.05) is 5.75 Å². The number of halogens is 9. The lowest BCUT2D eigenvalue weighted by molar-refractivity contribution is -0.396. The number of rotatable bonds is 8. The molecule has 29 heavy (non-hydrogen) atoms. The number of benzene rings is 1. The zero-order chi connectivity index (χ0) is 22.7. The van der Waals surface area contributed by atoms with Gasteiger partial charge in [-0.15, -0.1) is 0 Å². The molecule has 1 aromatic carbocycles. The molecule has 0 fully saturated rings. The van der Waals surface area contributed by atoms with Crippen LogP contribution in [0.25, 0.3) is 0 Å². The molecular weight excluding hydrogens is 443 g/mol. The number of esters is 1. The first-order valence-corrected chi connectivity index (χ1v) is 8.37. The molecule has 0 aliphatic carbocycles. The fraction of sp³-hybridized carbons (Fsp3) is 0.375. The second-order valence-electron chi connectivity index (χ2n) is 5.39. The number of carbonyl (C=O) groups excluding carboxylic acids is 2. The summed E-state index contributed by atoms with van der Waals surface area (Å²) in [4.78, 5) is 22.8. The van der Waals surface area contributed by atoms with Crippen LogP contribution in [0, 0.1) is 0 Å². The van der Waals surface area contributed by atoms with Crippen molar-refractivity contribution in [3.8, 4) is 5.75 Å². The molecule has 0 unspecified atom stereocenters. The Morgan fingerprint density at radius 1 is 0.931 bits per heavy atom. The van der Waals surface area contributed by atoms with E-state index in [1.165, 1.54) is 0 Å². The van der Waals surface area contributed by atoms with Gasteiger partial charge in [-0.05, 0) is 24.3 Å². The molecule has 0 amide bonds. The average Bonchev–Trinajstić information content (AvgIpc) is 2.60. The Labute approximate surface area is 161 Å². The van der Waals surface area contributed by atoms with Crippen molar-refractivity contribution in [1.29, 1.82) is 0 Å². The lowest BCUT2D eigenvalue weighted by Crippen LogP contribution is -2.60. The lowest BCUT2D eigenvalue weighted by Gasteiger charge is -2.33. The number of alkyl halides is 9. The van der Waals surface area contributed by atoms with Crippen molar-refractivity contribution in [3.63, 3.8) is 0 Å². The minimum absolute atomic E-state index is 0.00277. The maximum Gasteiger partial charge on any atom is 0.460 e. The van der Waals surface area contributed by atoms with Gasteiger partial charge < -0.3 is 4.74 Å². The smallest absolute Gasteiger partial charge is 0.423 e. The largest absolute Gasteiger partial charge is 0.460 e. The summed E-state index contributed by atoms with van der Waals surface area (Å²) in [6.07, 6.45) is -8.15. The zero-order valence-electron chi connectivity index (χ0n) is 14.0. The van der Waals surface area contributed by atoms with E-state index in [1.807, 2.05) is 0 Å². The molecular formula is C16H11F9O3S. The van der Waals surface area contributed by atoms with Crippen LogP contribution in [0.15, 0.2) is 36.9 Å². The van der Waals surface area contributed by atoms with Crippen molar-refractivity contribution in [1.82, 2.24) is 0 Å². The Hall–Kier alpha value is -2.18. The monoisotopic (exact) mass is 454 g/mol. The second kappa shape index (κ2) is 8.67. The molecule has 1 aromatic rings. The number of hydrogen-bond donors (Lipinski definition) is 0. The molecule has 0 aliphatic heterocycles. The van der Waals surface area contributed by atoms with E-state index in [1.54, 1.807) is 0 Å². The average molecular weight is 454 g/mol. The normalized spacial score (nSPS) is 13.1. The molecule has 0 heterocycles. The van der Waals surface area contributed by atoms with Gasteiger partial charge in [0, 0.05) is 23.8 Å². The van der Waals surface area contributed by atoms with Gasteiger partial charge in [-0.3, -0.25) is 4.79 Å². The third-order valence-corrected chi connectivity index (χ3v) is 4.24. The third kappa shape index (κ3) is 5.46.